The van der Waals surface area contributed by atoms with Gasteiger partial charge in [0, 0.05) is 38.2 Å². The summed E-state index contributed by atoms with van der Waals surface area (Å²) < 4.78 is 5.67. The van der Waals surface area contributed by atoms with E-state index in [1.54, 1.807) is 0 Å². The van der Waals surface area contributed by atoms with Gasteiger partial charge in [0.25, 0.3) is 0 Å². The summed E-state index contributed by atoms with van der Waals surface area (Å²) in [4.78, 5) is 14.4. The van der Waals surface area contributed by atoms with Crippen LogP contribution in [0.5, 0.6) is 5.75 Å². The Balaban J connectivity index is 2.08. The Bertz CT molecular complexity index is 485. The number of rotatable bonds is 2. The van der Waals surface area contributed by atoms with E-state index in [9.17, 15) is 4.79 Å². The van der Waals surface area contributed by atoms with Crippen molar-refractivity contribution in [2.45, 2.75) is 12.0 Å². The number of carbonyl (C=O) groups excluding carboxylic acids is 1. The van der Waals surface area contributed by atoms with Gasteiger partial charge in [0.05, 0.1) is 6.61 Å². The Hall–Kier alpha value is -1.59. The van der Waals surface area contributed by atoms with Crippen molar-refractivity contribution in [3.05, 3.63) is 29.8 Å². The van der Waals surface area contributed by atoms with E-state index in [1.807, 2.05) is 24.3 Å². The topological polar surface area (TPSA) is 67.6 Å². The quantitative estimate of drug-likeness (QED) is 0.789. The van der Waals surface area contributed by atoms with Crippen molar-refractivity contribution in [1.82, 2.24) is 10.2 Å². The van der Waals surface area contributed by atoms with Crippen molar-refractivity contribution in [1.29, 1.82) is 0 Å². The highest BCUT2D eigenvalue weighted by Gasteiger charge is 2.48. The van der Waals surface area contributed by atoms with Crippen LogP contribution in [0, 0.1) is 0 Å². The van der Waals surface area contributed by atoms with Gasteiger partial charge >= 0.3 is 0 Å². The molecule has 19 heavy (non-hydrogen) atoms. The number of primary amides is 1. The highest BCUT2D eigenvalue weighted by Crippen LogP contribution is 2.41. The number of nitrogens with one attached hydrogen (secondary N) is 1. The van der Waals surface area contributed by atoms with Crippen LogP contribution in [0.4, 0.5) is 0 Å². The van der Waals surface area contributed by atoms with Crippen LogP contribution in [0.15, 0.2) is 24.3 Å². The molecule has 2 aliphatic heterocycles. The monoisotopic (exact) mass is 261 g/mol. The molecule has 5 nitrogen and oxygen atoms in total. The predicted molar refractivity (Wildman–Crippen MR) is 71.9 cm³/mol. The van der Waals surface area contributed by atoms with Gasteiger partial charge in [-0.1, -0.05) is 18.2 Å². The van der Waals surface area contributed by atoms with E-state index >= 15 is 0 Å². The second-order valence-electron chi connectivity index (χ2n) is 5.06. The minimum absolute atomic E-state index is 0.273. The fraction of sp³-hybridized carbons (Fsp3) is 0.500. The summed E-state index contributed by atoms with van der Waals surface area (Å²) in [6.45, 7) is 3.97. The number of amides is 1. The second-order valence-corrected chi connectivity index (χ2v) is 5.06. The summed E-state index contributed by atoms with van der Waals surface area (Å²) in [5.41, 5.74) is 5.99. The van der Waals surface area contributed by atoms with Crippen LogP contribution >= 0.6 is 0 Å². The molecule has 5 heteroatoms. The first kappa shape index (κ1) is 12.4. The molecule has 3 N–H and O–H groups in total. The minimum Gasteiger partial charge on any atom is -0.493 e. The van der Waals surface area contributed by atoms with Crippen LogP contribution in [0.3, 0.4) is 0 Å². The number of nitrogens with zero attached hydrogens (tertiary/aromatic N) is 1. The van der Waals surface area contributed by atoms with Crippen molar-refractivity contribution in [3.8, 4) is 5.75 Å². The highest BCUT2D eigenvalue weighted by atomic mass is 16.5. The first-order valence-electron chi connectivity index (χ1n) is 6.73. The molecule has 2 heterocycles. The smallest absolute Gasteiger partial charge is 0.242 e. The maximum Gasteiger partial charge on any atom is 0.242 e. The summed E-state index contributed by atoms with van der Waals surface area (Å²) in [5.74, 6) is 0.510. The third kappa shape index (κ3) is 1.89. The number of piperazine rings is 1. The van der Waals surface area contributed by atoms with Crippen molar-refractivity contribution in [2.75, 3.05) is 32.8 Å². The molecule has 1 aromatic rings. The minimum atomic E-state index is -0.711. The summed E-state index contributed by atoms with van der Waals surface area (Å²) in [5, 5.41) is 3.31. The van der Waals surface area contributed by atoms with E-state index in [1.165, 1.54) is 0 Å². The van der Waals surface area contributed by atoms with Crippen LogP contribution < -0.4 is 15.8 Å². The average Bonchev–Trinajstić information content (AvgIpc) is 2.47. The standard InChI is InChI=1S/C14H19N3O2/c15-13(18)14(17-8-6-16-7-9-17)5-10-19-12-4-2-1-3-11(12)14/h1-4,16H,5-10H2,(H2,15,18). The van der Waals surface area contributed by atoms with E-state index in [0.717, 1.165) is 37.5 Å². The van der Waals surface area contributed by atoms with Gasteiger partial charge in [-0.15, -0.1) is 0 Å². The molecule has 2 aliphatic rings. The van der Waals surface area contributed by atoms with Gasteiger partial charge in [0.15, 0.2) is 0 Å². The number of hydrogen-bond donors (Lipinski definition) is 2. The van der Waals surface area contributed by atoms with Crippen LogP contribution in [0.25, 0.3) is 0 Å². The highest BCUT2D eigenvalue weighted by molar-refractivity contribution is 5.87. The molecule has 0 spiro atoms. The zero-order chi connectivity index (χ0) is 13.3. The lowest BCUT2D eigenvalue weighted by atomic mass is 9.81. The molecule has 1 amide bonds. The zero-order valence-electron chi connectivity index (χ0n) is 10.9. The second kappa shape index (κ2) is 4.83. The Kier molecular flexibility index (Phi) is 3.16. The molecule has 0 aliphatic carbocycles. The summed E-state index contributed by atoms with van der Waals surface area (Å²) in [6, 6.07) is 7.73. The number of hydrogen-bond acceptors (Lipinski definition) is 4. The molecule has 102 valence electrons. The Morgan fingerprint density at radius 3 is 2.79 bits per heavy atom. The van der Waals surface area contributed by atoms with E-state index in [0.29, 0.717) is 13.0 Å². The first-order valence-corrected chi connectivity index (χ1v) is 6.73. The van der Waals surface area contributed by atoms with Crippen LogP contribution in [-0.2, 0) is 10.3 Å². The van der Waals surface area contributed by atoms with Gasteiger partial charge in [0.1, 0.15) is 11.3 Å². The predicted octanol–water partition coefficient (Wildman–Crippen LogP) is 0.0549. The van der Waals surface area contributed by atoms with Crippen LogP contribution in [-0.4, -0.2) is 43.6 Å². The van der Waals surface area contributed by atoms with E-state index in [4.69, 9.17) is 10.5 Å². The third-order valence-corrected chi connectivity index (χ3v) is 4.12. The molecule has 1 unspecified atom stereocenters. The SMILES string of the molecule is NC(=O)C1(N2CCNCC2)CCOc2ccccc21. The molecule has 3 rings (SSSR count). The zero-order valence-corrected chi connectivity index (χ0v) is 10.9. The fourth-order valence-corrected chi connectivity index (χ4v) is 3.16. The van der Waals surface area contributed by atoms with E-state index in [-0.39, 0.29) is 5.91 Å². The van der Waals surface area contributed by atoms with Crippen LogP contribution in [0.2, 0.25) is 0 Å². The Labute approximate surface area is 112 Å². The average molecular weight is 261 g/mol. The lowest BCUT2D eigenvalue weighted by Gasteiger charge is -2.46. The normalized spacial score (nSPS) is 27.4. The van der Waals surface area contributed by atoms with Crippen LogP contribution in [0.1, 0.15) is 12.0 Å². The number of para-hydroxylation sites is 1. The molecule has 1 fully saturated rings. The number of benzene rings is 1. The summed E-state index contributed by atoms with van der Waals surface area (Å²) in [7, 11) is 0. The third-order valence-electron chi connectivity index (χ3n) is 4.12. The number of ether oxygens (including phenoxy) is 1. The van der Waals surface area contributed by atoms with Gasteiger partial charge in [-0.2, -0.15) is 0 Å². The first-order chi connectivity index (χ1) is 9.25. The molecule has 1 saturated heterocycles. The molecule has 0 bridgehead atoms. The van der Waals surface area contributed by atoms with Crippen molar-refractivity contribution < 1.29 is 9.53 Å². The van der Waals surface area contributed by atoms with Crippen molar-refractivity contribution in [3.63, 3.8) is 0 Å². The lowest BCUT2D eigenvalue weighted by Crippen LogP contribution is -2.61. The molecular formula is C14H19N3O2. The van der Waals surface area contributed by atoms with E-state index in [2.05, 4.69) is 10.2 Å². The summed E-state index contributed by atoms with van der Waals surface area (Å²) >= 11 is 0. The molecule has 1 atom stereocenters. The Morgan fingerprint density at radius 2 is 2.05 bits per heavy atom. The maximum absolute atomic E-state index is 12.2. The van der Waals surface area contributed by atoms with Gasteiger partial charge in [0.2, 0.25) is 5.91 Å². The number of nitrogens with two attached hydrogens (primary N) is 1. The number of carbonyl (C=O) groups is 1. The molecule has 0 aromatic heterocycles. The van der Waals surface area contributed by atoms with Gasteiger partial charge < -0.3 is 15.8 Å². The molecule has 1 aromatic carbocycles. The molecule has 0 saturated carbocycles. The fourth-order valence-electron chi connectivity index (χ4n) is 3.16. The van der Waals surface area contributed by atoms with E-state index < -0.39 is 5.54 Å². The Morgan fingerprint density at radius 1 is 1.32 bits per heavy atom. The van der Waals surface area contributed by atoms with Crippen molar-refractivity contribution >= 4 is 5.91 Å². The number of fused-ring (bicyclic) bond motifs is 1. The summed E-state index contributed by atoms with van der Waals surface area (Å²) in [6.07, 6.45) is 0.624. The largest absolute Gasteiger partial charge is 0.493 e. The van der Waals surface area contributed by atoms with Gasteiger partial charge in [-0.25, -0.2) is 0 Å². The molecule has 0 radical (unpaired) electrons. The molecular weight excluding hydrogens is 242 g/mol. The van der Waals surface area contributed by atoms with Crippen molar-refractivity contribution in [2.24, 2.45) is 5.73 Å². The van der Waals surface area contributed by atoms with Gasteiger partial charge in [-0.3, -0.25) is 9.69 Å². The lowest BCUT2D eigenvalue weighted by molar-refractivity contribution is -0.134. The van der Waals surface area contributed by atoms with Gasteiger partial charge in [-0.05, 0) is 6.07 Å². The maximum atomic E-state index is 12.2.